The largest absolute Gasteiger partial charge is 0.459 e. The second kappa shape index (κ2) is 6.89. The molecule has 0 spiro atoms. The van der Waals surface area contributed by atoms with E-state index < -0.39 is 5.60 Å². The summed E-state index contributed by atoms with van der Waals surface area (Å²) in [5.74, 6) is 0.0925. The smallest absolute Gasteiger partial charge is 0.321 e. The minimum atomic E-state index is -0.410. The molecule has 1 atom stereocenters. The van der Waals surface area contributed by atoms with Crippen molar-refractivity contribution in [2.45, 2.75) is 45.6 Å². The van der Waals surface area contributed by atoms with E-state index in [1.165, 1.54) is 0 Å². The lowest BCUT2D eigenvalue weighted by atomic mass is 9.97. The van der Waals surface area contributed by atoms with Gasteiger partial charge in [0, 0.05) is 0 Å². The van der Waals surface area contributed by atoms with E-state index in [9.17, 15) is 4.79 Å². The fourth-order valence-electron chi connectivity index (χ4n) is 1.35. The minimum Gasteiger partial charge on any atom is -0.459 e. The van der Waals surface area contributed by atoms with Crippen molar-refractivity contribution < 1.29 is 9.53 Å². The van der Waals surface area contributed by atoms with Crippen molar-refractivity contribution in [2.24, 2.45) is 5.92 Å². The SMILES string of the molecule is C=CC(C)CCCC(C)(C)OC(=O)CCl. The predicted octanol–water partition coefficient (Wildman–Crippen LogP) is 3.54. The third kappa shape index (κ3) is 7.43. The van der Waals surface area contributed by atoms with Gasteiger partial charge >= 0.3 is 5.97 Å². The lowest BCUT2D eigenvalue weighted by Gasteiger charge is -2.25. The number of ether oxygens (including phenoxy) is 1. The van der Waals surface area contributed by atoms with Crippen LogP contribution in [0.4, 0.5) is 0 Å². The molecule has 2 nitrogen and oxygen atoms in total. The topological polar surface area (TPSA) is 26.3 Å². The first-order valence-electron chi connectivity index (χ1n) is 5.31. The van der Waals surface area contributed by atoms with E-state index >= 15 is 0 Å². The van der Waals surface area contributed by atoms with E-state index in [0.717, 1.165) is 19.3 Å². The molecule has 0 N–H and O–H groups in total. The molecule has 0 aromatic heterocycles. The number of carbonyl (C=O) groups excluding carboxylic acids is 1. The lowest BCUT2D eigenvalue weighted by Crippen LogP contribution is -2.28. The minimum absolute atomic E-state index is 0.0769. The second-order valence-corrected chi connectivity index (χ2v) is 4.74. The standard InChI is InChI=1S/C12H21ClO2/c1-5-10(2)7-6-8-12(3,4)15-11(14)9-13/h5,10H,1,6-9H2,2-4H3. The first-order valence-corrected chi connectivity index (χ1v) is 5.85. The van der Waals surface area contributed by atoms with E-state index in [4.69, 9.17) is 16.3 Å². The van der Waals surface area contributed by atoms with E-state index in [0.29, 0.717) is 5.92 Å². The van der Waals surface area contributed by atoms with Crippen molar-refractivity contribution in [3.63, 3.8) is 0 Å². The van der Waals surface area contributed by atoms with Gasteiger partial charge in [-0.15, -0.1) is 18.2 Å². The molecule has 0 aliphatic heterocycles. The van der Waals surface area contributed by atoms with Gasteiger partial charge < -0.3 is 4.74 Å². The highest BCUT2D eigenvalue weighted by molar-refractivity contribution is 6.26. The molecular formula is C12H21ClO2. The summed E-state index contributed by atoms with van der Waals surface area (Å²) >= 11 is 5.38. The summed E-state index contributed by atoms with van der Waals surface area (Å²) in [6.45, 7) is 9.69. The van der Waals surface area contributed by atoms with E-state index in [1.807, 2.05) is 19.9 Å². The number of rotatable bonds is 7. The fraction of sp³-hybridized carbons (Fsp3) is 0.750. The van der Waals surface area contributed by atoms with Crippen molar-refractivity contribution in [1.29, 1.82) is 0 Å². The number of allylic oxidation sites excluding steroid dienone is 1. The second-order valence-electron chi connectivity index (χ2n) is 4.47. The molecule has 0 saturated carbocycles. The van der Waals surface area contributed by atoms with Crippen LogP contribution in [0.3, 0.4) is 0 Å². The van der Waals surface area contributed by atoms with Crippen LogP contribution in [0, 0.1) is 5.92 Å². The zero-order valence-electron chi connectivity index (χ0n) is 9.88. The first-order chi connectivity index (χ1) is 6.91. The van der Waals surface area contributed by atoms with Crippen LogP contribution in [0.5, 0.6) is 0 Å². The van der Waals surface area contributed by atoms with Crippen LogP contribution in [-0.4, -0.2) is 17.5 Å². The monoisotopic (exact) mass is 232 g/mol. The Morgan fingerprint density at radius 3 is 2.67 bits per heavy atom. The number of carbonyl (C=O) groups is 1. The highest BCUT2D eigenvalue weighted by Gasteiger charge is 2.21. The van der Waals surface area contributed by atoms with E-state index in [-0.39, 0.29) is 11.8 Å². The van der Waals surface area contributed by atoms with Crippen LogP contribution in [0.1, 0.15) is 40.0 Å². The van der Waals surface area contributed by atoms with Gasteiger partial charge in [-0.25, -0.2) is 0 Å². The Balaban J connectivity index is 3.83. The molecule has 0 radical (unpaired) electrons. The molecule has 15 heavy (non-hydrogen) atoms. The average molecular weight is 233 g/mol. The van der Waals surface area contributed by atoms with Gasteiger partial charge in [0.25, 0.3) is 0 Å². The van der Waals surface area contributed by atoms with Crippen LogP contribution < -0.4 is 0 Å². The van der Waals surface area contributed by atoms with Crippen molar-refractivity contribution in [3.05, 3.63) is 12.7 Å². The Hall–Kier alpha value is -0.500. The Labute approximate surface area is 97.6 Å². The summed E-state index contributed by atoms with van der Waals surface area (Å²) < 4.78 is 5.21. The quantitative estimate of drug-likeness (QED) is 0.381. The van der Waals surface area contributed by atoms with Gasteiger partial charge in [0.1, 0.15) is 11.5 Å². The molecule has 0 fully saturated rings. The van der Waals surface area contributed by atoms with Gasteiger partial charge in [0.15, 0.2) is 0 Å². The third-order valence-corrected chi connectivity index (χ3v) is 2.56. The van der Waals surface area contributed by atoms with Crippen LogP contribution in [0.15, 0.2) is 12.7 Å². The molecular weight excluding hydrogens is 212 g/mol. The molecule has 0 bridgehead atoms. The van der Waals surface area contributed by atoms with Crippen molar-refractivity contribution in [1.82, 2.24) is 0 Å². The van der Waals surface area contributed by atoms with Gasteiger partial charge in [-0.2, -0.15) is 0 Å². The molecule has 0 heterocycles. The molecule has 0 rings (SSSR count). The third-order valence-electron chi connectivity index (χ3n) is 2.34. The zero-order valence-corrected chi connectivity index (χ0v) is 10.6. The van der Waals surface area contributed by atoms with Crippen molar-refractivity contribution in [2.75, 3.05) is 5.88 Å². The molecule has 3 heteroatoms. The van der Waals surface area contributed by atoms with Gasteiger partial charge in [-0.05, 0) is 39.0 Å². The number of hydrogen-bond acceptors (Lipinski definition) is 2. The van der Waals surface area contributed by atoms with Crippen LogP contribution >= 0.6 is 11.6 Å². The molecule has 1 unspecified atom stereocenters. The molecule has 0 aliphatic rings. The number of halogens is 1. The van der Waals surface area contributed by atoms with Gasteiger partial charge in [0.2, 0.25) is 0 Å². The first kappa shape index (κ1) is 14.5. The highest BCUT2D eigenvalue weighted by Crippen LogP contribution is 2.20. The van der Waals surface area contributed by atoms with Crippen LogP contribution in [-0.2, 0) is 9.53 Å². The Morgan fingerprint density at radius 2 is 2.20 bits per heavy atom. The highest BCUT2D eigenvalue weighted by atomic mass is 35.5. The summed E-state index contributed by atoms with van der Waals surface area (Å²) in [5.41, 5.74) is -0.410. The molecule has 0 amide bonds. The number of alkyl halides is 1. The summed E-state index contributed by atoms with van der Waals surface area (Å²) in [6.07, 6.45) is 4.90. The van der Waals surface area contributed by atoms with Crippen molar-refractivity contribution in [3.8, 4) is 0 Å². The maximum atomic E-state index is 11.0. The lowest BCUT2D eigenvalue weighted by molar-refractivity contribution is -0.153. The maximum Gasteiger partial charge on any atom is 0.321 e. The summed E-state index contributed by atoms with van der Waals surface area (Å²) in [4.78, 5) is 11.0. The Kier molecular flexibility index (Phi) is 6.66. The summed E-state index contributed by atoms with van der Waals surface area (Å²) in [6, 6.07) is 0. The molecule has 0 aromatic carbocycles. The van der Waals surface area contributed by atoms with E-state index in [1.54, 1.807) is 0 Å². The van der Waals surface area contributed by atoms with Gasteiger partial charge in [-0.1, -0.05) is 13.0 Å². The molecule has 0 aromatic rings. The molecule has 0 aliphatic carbocycles. The average Bonchev–Trinajstić information content (AvgIpc) is 2.16. The Morgan fingerprint density at radius 1 is 1.60 bits per heavy atom. The Bertz CT molecular complexity index is 212. The maximum absolute atomic E-state index is 11.0. The molecule has 0 saturated heterocycles. The fourth-order valence-corrected chi connectivity index (χ4v) is 1.41. The predicted molar refractivity (Wildman–Crippen MR) is 64.1 cm³/mol. The molecule has 88 valence electrons. The summed E-state index contributed by atoms with van der Waals surface area (Å²) in [7, 11) is 0. The van der Waals surface area contributed by atoms with E-state index in [2.05, 4.69) is 13.5 Å². The number of esters is 1. The van der Waals surface area contributed by atoms with Crippen LogP contribution in [0.25, 0.3) is 0 Å². The summed E-state index contributed by atoms with van der Waals surface area (Å²) in [5, 5.41) is 0. The zero-order chi connectivity index (χ0) is 11.9. The normalized spacial score (nSPS) is 13.3. The van der Waals surface area contributed by atoms with Gasteiger partial charge in [0.05, 0.1) is 0 Å². The number of hydrogen-bond donors (Lipinski definition) is 0. The van der Waals surface area contributed by atoms with Gasteiger partial charge in [-0.3, -0.25) is 4.79 Å². The van der Waals surface area contributed by atoms with Crippen molar-refractivity contribution >= 4 is 17.6 Å². The van der Waals surface area contributed by atoms with Crippen LogP contribution in [0.2, 0.25) is 0 Å².